The molecular formula is C18H16F3N3O3S. The van der Waals surface area contributed by atoms with E-state index in [1.807, 2.05) is 0 Å². The number of methoxy groups -OCH3 is 1. The summed E-state index contributed by atoms with van der Waals surface area (Å²) in [5, 5.41) is 10.4. The summed E-state index contributed by atoms with van der Waals surface area (Å²) in [6.07, 6.45) is 3.08. The summed E-state index contributed by atoms with van der Waals surface area (Å²) in [5.74, 6) is 0.212. The minimum absolute atomic E-state index is 0.0125. The second kappa shape index (κ2) is 7.63. The molecule has 28 heavy (non-hydrogen) atoms. The molecule has 0 amide bonds. The summed E-state index contributed by atoms with van der Waals surface area (Å²) < 4.78 is 45.0. The summed E-state index contributed by atoms with van der Waals surface area (Å²) >= 11 is -0.248. The third kappa shape index (κ3) is 4.01. The lowest BCUT2D eigenvalue weighted by Crippen LogP contribution is -2.24. The summed E-state index contributed by atoms with van der Waals surface area (Å²) in [6, 6.07) is 6.90. The second-order valence-electron chi connectivity index (χ2n) is 5.84. The fourth-order valence-corrected chi connectivity index (χ4v) is 3.29. The van der Waals surface area contributed by atoms with Gasteiger partial charge in [0.15, 0.2) is 0 Å². The quantitative estimate of drug-likeness (QED) is 0.648. The number of ether oxygens (including phenoxy) is 1. The minimum atomic E-state index is -4.40. The van der Waals surface area contributed by atoms with Gasteiger partial charge in [0.25, 0.3) is 0 Å². The maximum absolute atomic E-state index is 12.9. The van der Waals surface area contributed by atoms with E-state index >= 15 is 0 Å². The number of halogens is 3. The van der Waals surface area contributed by atoms with Crippen LogP contribution in [0.25, 0.3) is 5.69 Å². The van der Waals surface area contributed by atoms with Crippen LogP contribution < -0.4 is 10.4 Å². The number of hydrogen-bond donors (Lipinski definition) is 1. The fraction of sp³-hybridized carbons (Fsp3) is 0.222. The number of imidazole rings is 1. The van der Waals surface area contributed by atoms with Gasteiger partial charge in [0.05, 0.1) is 31.2 Å². The van der Waals surface area contributed by atoms with Crippen LogP contribution in [0, 0.1) is 6.92 Å². The first-order valence-corrected chi connectivity index (χ1v) is 8.87. The molecule has 148 valence electrons. The van der Waals surface area contributed by atoms with Gasteiger partial charge < -0.3 is 9.84 Å². The fourth-order valence-electron chi connectivity index (χ4n) is 2.75. The number of thioether (sulfide) groups is 1. The highest BCUT2D eigenvalue weighted by Crippen LogP contribution is 2.37. The summed E-state index contributed by atoms with van der Waals surface area (Å²) in [5.41, 5.74) is -3.65. The standard InChI is InChI=1S/C18H16F3N3O3S/c1-11-16(25)24(13-3-5-14(6-4-13)28-18(19,20)21)17(26)23(11)10-12-7-8-22-9-15(12)27-2/h3-9,25H,10H2,1-2H3. The predicted octanol–water partition coefficient (Wildman–Crippen LogP) is 3.72. The third-order valence-corrected chi connectivity index (χ3v) is 4.85. The number of benzene rings is 1. The largest absolute Gasteiger partial charge is 0.495 e. The first kappa shape index (κ1) is 19.9. The molecule has 0 saturated heterocycles. The Hall–Kier alpha value is -2.88. The van der Waals surface area contributed by atoms with E-state index in [0.29, 0.717) is 17.0 Å². The van der Waals surface area contributed by atoms with E-state index in [4.69, 9.17) is 4.74 Å². The molecule has 0 aliphatic carbocycles. The van der Waals surface area contributed by atoms with Gasteiger partial charge in [0.1, 0.15) is 5.75 Å². The highest BCUT2D eigenvalue weighted by atomic mass is 32.2. The Balaban J connectivity index is 1.98. The van der Waals surface area contributed by atoms with Crippen molar-refractivity contribution in [3.8, 4) is 17.3 Å². The molecule has 2 aromatic heterocycles. The first-order chi connectivity index (χ1) is 13.2. The molecule has 1 N–H and O–H groups in total. The van der Waals surface area contributed by atoms with Gasteiger partial charge in [-0.05, 0) is 49.0 Å². The van der Waals surface area contributed by atoms with E-state index in [1.54, 1.807) is 19.2 Å². The van der Waals surface area contributed by atoms with Crippen molar-refractivity contribution in [3.63, 3.8) is 0 Å². The molecule has 0 aliphatic heterocycles. The van der Waals surface area contributed by atoms with Gasteiger partial charge in [-0.2, -0.15) is 13.2 Å². The lowest BCUT2D eigenvalue weighted by atomic mass is 10.2. The van der Waals surface area contributed by atoms with Crippen LogP contribution in [0.5, 0.6) is 11.6 Å². The van der Waals surface area contributed by atoms with Crippen molar-refractivity contribution in [2.45, 2.75) is 23.9 Å². The summed E-state index contributed by atoms with van der Waals surface area (Å²) in [4.78, 5) is 16.8. The van der Waals surface area contributed by atoms with E-state index in [1.165, 1.54) is 42.1 Å². The Labute approximate surface area is 162 Å². The number of pyridine rings is 1. The number of aromatic hydroxyl groups is 1. The number of alkyl halides is 3. The molecule has 0 unspecified atom stereocenters. The van der Waals surface area contributed by atoms with Crippen molar-refractivity contribution in [3.05, 3.63) is 64.5 Å². The molecule has 0 radical (unpaired) electrons. The van der Waals surface area contributed by atoms with E-state index < -0.39 is 11.2 Å². The van der Waals surface area contributed by atoms with Crippen LogP contribution in [0.2, 0.25) is 0 Å². The molecule has 3 rings (SSSR count). The maximum Gasteiger partial charge on any atom is 0.446 e. The van der Waals surface area contributed by atoms with Crippen LogP contribution in [0.15, 0.2) is 52.4 Å². The minimum Gasteiger partial charge on any atom is -0.495 e. The van der Waals surface area contributed by atoms with Gasteiger partial charge in [-0.3, -0.25) is 9.55 Å². The van der Waals surface area contributed by atoms with Gasteiger partial charge in [-0.15, -0.1) is 0 Å². The molecule has 0 bridgehead atoms. The normalized spacial score (nSPS) is 11.6. The average Bonchev–Trinajstić information content (AvgIpc) is 2.85. The van der Waals surface area contributed by atoms with Gasteiger partial charge in [-0.25, -0.2) is 9.36 Å². The van der Waals surface area contributed by atoms with E-state index in [2.05, 4.69) is 4.98 Å². The molecule has 0 aliphatic rings. The Morgan fingerprint density at radius 2 is 1.89 bits per heavy atom. The van der Waals surface area contributed by atoms with Crippen LogP contribution in [0.3, 0.4) is 0 Å². The monoisotopic (exact) mass is 411 g/mol. The van der Waals surface area contributed by atoms with Crippen molar-refractivity contribution in [2.24, 2.45) is 0 Å². The molecule has 2 heterocycles. The van der Waals surface area contributed by atoms with Gasteiger partial charge in [0, 0.05) is 16.7 Å². The van der Waals surface area contributed by atoms with E-state index in [0.717, 1.165) is 4.57 Å². The Bertz CT molecular complexity index is 1040. The molecule has 0 saturated carbocycles. The highest BCUT2D eigenvalue weighted by Gasteiger charge is 2.29. The van der Waals surface area contributed by atoms with Crippen LogP contribution in [-0.2, 0) is 6.54 Å². The summed E-state index contributed by atoms with van der Waals surface area (Å²) in [7, 11) is 1.49. The number of hydrogen-bond acceptors (Lipinski definition) is 5. The first-order valence-electron chi connectivity index (χ1n) is 8.05. The van der Waals surface area contributed by atoms with Crippen molar-refractivity contribution >= 4 is 11.8 Å². The second-order valence-corrected chi connectivity index (χ2v) is 6.98. The van der Waals surface area contributed by atoms with Gasteiger partial charge in [0.2, 0.25) is 5.88 Å². The molecular weight excluding hydrogens is 395 g/mol. The molecule has 10 heteroatoms. The van der Waals surface area contributed by atoms with E-state index in [-0.39, 0.29) is 34.8 Å². The van der Waals surface area contributed by atoms with Crippen molar-refractivity contribution in [1.29, 1.82) is 0 Å². The molecule has 1 aromatic carbocycles. The van der Waals surface area contributed by atoms with Crippen molar-refractivity contribution < 1.29 is 23.0 Å². The molecule has 0 fully saturated rings. The van der Waals surface area contributed by atoms with Crippen LogP contribution in [0.1, 0.15) is 11.3 Å². The third-order valence-electron chi connectivity index (χ3n) is 4.11. The lowest BCUT2D eigenvalue weighted by molar-refractivity contribution is -0.0328. The van der Waals surface area contributed by atoms with Gasteiger partial charge in [-0.1, -0.05) is 0 Å². The number of nitrogens with zero attached hydrogens (tertiary/aromatic N) is 3. The highest BCUT2D eigenvalue weighted by molar-refractivity contribution is 8.00. The zero-order valence-corrected chi connectivity index (χ0v) is 15.7. The molecule has 0 spiro atoms. The topological polar surface area (TPSA) is 69.3 Å². The lowest BCUT2D eigenvalue weighted by Gasteiger charge is -2.08. The van der Waals surface area contributed by atoms with Crippen LogP contribution >= 0.6 is 11.8 Å². The maximum atomic E-state index is 12.9. The zero-order chi connectivity index (χ0) is 20.5. The van der Waals surface area contributed by atoms with Crippen LogP contribution in [-0.4, -0.2) is 31.8 Å². The Morgan fingerprint density at radius 3 is 2.50 bits per heavy atom. The van der Waals surface area contributed by atoms with E-state index in [9.17, 15) is 23.1 Å². The number of aromatic nitrogens is 3. The average molecular weight is 411 g/mol. The van der Waals surface area contributed by atoms with Crippen LogP contribution in [0.4, 0.5) is 13.2 Å². The summed E-state index contributed by atoms with van der Waals surface area (Å²) in [6.45, 7) is 1.72. The molecule has 6 nitrogen and oxygen atoms in total. The van der Waals surface area contributed by atoms with Gasteiger partial charge >= 0.3 is 11.2 Å². The number of rotatable bonds is 5. The zero-order valence-electron chi connectivity index (χ0n) is 14.9. The van der Waals surface area contributed by atoms with Crippen molar-refractivity contribution in [1.82, 2.24) is 14.1 Å². The SMILES string of the molecule is COc1cnccc1Cn1c(C)c(O)n(-c2ccc(SC(F)(F)F)cc2)c1=O. The predicted molar refractivity (Wildman–Crippen MR) is 98.2 cm³/mol. The Kier molecular flexibility index (Phi) is 5.41. The molecule has 3 aromatic rings. The Morgan fingerprint density at radius 1 is 1.21 bits per heavy atom. The van der Waals surface area contributed by atoms with Crippen molar-refractivity contribution in [2.75, 3.05) is 7.11 Å². The molecule has 0 atom stereocenters. The smallest absolute Gasteiger partial charge is 0.446 e.